The van der Waals surface area contributed by atoms with Crippen molar-refractivity contribution in [3.63, 3.8) is 0 Å². The zero-order chi connectivity index (χ0) is 8.39. The van der Waals surface area contributed by atoms with Gasteiger partial charge in [-0.15, -0.1) is 11.8 Å². The minimum atomic E-state index is 0.586. The molecular weight excluding hydrogens is 192 g/mol. The van der Waals surface area contributed by atoms with Crippen LogP contribution in [0.3, 0.4) is 0 Å². The van der Waals surface area contributed by atoms with E-state index in [0.717, 1.165) is 23.9 Å². The number of rotatable bonds is 0. The maximum Gasteiger partial charge on any atom is 0.130 e. The largest absolute Gasteiger partial charge is 0.312 e. The van der Waals surface area contributed by atoms with E-state index in [0.29, 0.717) is 5.15 Å². The van der Waals surface area contributed by atoms with Crippen LogP contribution in [0.1, 0.15) is 5.56 Å². The van der Waals surface area contributed by atoms with Gasteiger partial charge < -0.3 is 5.32 Å². The maximum atomic E-state index is 5.79. The quantitative estimate of drug-likeness (QED) is 0.648. The molecule has 2 rings (SSSR count). The number of hydrogen-bond acceptors (Lipinski definition) is 3. The molecule has 2 heterocycles. The smallest absolute Gasteiger partial charge is 0.130 e. The highest BCUT2D eigenvalue weighted by molar-refractivity contribution is 7.99. The molecule has 12 heavy (non-hydrogen) atoms. The van der Waals surface area contributed by atoms with E-state index in [1.807, 2.05) is 12.1 Å². The molecule has 0 amide bonds. The fourth-order valence-electron chi connectivity index (χ4n) is 1.15. The van der Waals surface area contributed by atoms with Crippen LogP contribution in [0.4, 0.5) is 0 Å². The van der Waals surface area contributed by atoms with Crippen molar-refractivity contribution in [2.24, 2.45) is 0 Å². The topological polar surface area (TPSA) is 24.9 Å². The highest BCUT2D eigenvalue weighted by atomic mass is 35.5. The van der Waals surface area contributed by atoms with Gasteiger partial charge in [-0.05, 0) is 11.6 Å². The monoisotopic (exact) mass is 200 g/mol. The van der Waals surface area contributed by atoms with Crippen LogP contribution in [0.15, 0.2) is 17.2 Å². The van der Waals surface area contributed by atoms with Crippen LogP contribution in [-0.4, -0.2) is 17.3 Å². The van der Waals surface area contributed by atoms with E-state index in [-0.39, 0.29) is 0 Å². The van der Waals surface area contributed by atoms with E-state index in [1.54, 1.807) is 11.8 Å². The van der Waals surface area contributed by atoms with E-state index in [9.17, 15) is 0 Å². The van der Waals surface area contributed by atoms with Gasteiger partial charge in [0, 0.05) is 18.8 Å². The van der Waals surface area contributed by atoms with Crippen molar-refractivity contribution in [2.75, 3.05) is 12.3 Å². The lowest BCUT2D eigenvalue weighted by molar-refractivity contribution is 0.727. The number of nitrogens with one attached hydrogen (secondary N) is 1. The number of thioether (sulfide) groups is 1. The third-order valence-electron chi connectivity index (χ3n) is 1.74. The molecule has 0 aromatic carbocycles. The van der Waals surface area contributed by atoms with Gasteiger partial charge in [-0.1, -0.05) is 17.7 Å². The van der Waals surface area contributed by atoms with Crippen LogP contribution in [0.25, 0.3) is 0 Å². The van der Waals surface area contributed by atoms with Crippen molar-refractivity contribution >= 4 is 23.4 Å². The predicted molar refractivity (Wildman–Crippen MR) is 51.7 cm³/mol. The lowest BCUT2D eigenvalue weighted by atomic mass is 10.3. The Kier molecular flexibility index (Phi) is 2.54. The van der Waals surface area contributed by atoms with Gasteiger partial charge in [0.15, 0.2) is 0 Å². The summed E-state index contributed by atoms with van der Waals surface area (Å²) in [5.41, 5.74) is 1.25. The summed E-state index contributed by atoms with van der Waals surface area (Å²) in [7, 11) is 0. The van der Waals surface area contributed by atoms with Gasteiger partial charge in [0.2, 0.25) is 0 Å². The highest BCUT2D eigenvalue weighted by Gasteiger charge is 2.08. The van der Waals surface area contributed by atoms with Crippen LogP contribution >= 0.6 is 23.4 Å². The molecule has 0 atom stereocenters. The Labute approximate surface area is 80.7 Å². The molecule has 0 saturated heterocycles. The number of pyridine rings is 1. The molecule has 0 saturated carbocycles. The van der Waals surface area contributed by atoms with E-state index >= 15 is 0 Å². The van der Waals surface area contributed by atoms with Gasteiger partial charge in [-0.25, -0.2) is 4.98 Å². The molecule has 1 N–H and O–H groups in total. The SMILES string of the molecule is Clc1ccc2c(n1)SCCNC2. The third kappa shape index (κ3) is 1.73. The second kappa shape index (κ2) is 3.64. The molecule has 0 bridgehead atoms. The van der Waals surface area contributed by atoms with Gasteiger partial charge in [-0.3, -0.25) is 0 Å². The second-order valence-corrected chi connectivity index (χ2v) is 4.09. The number of hydrogen-bond donors (Lipinski definition) is 1. The normalized spacial score (nSPS) is 16.8. The molecular formula is C8H9ClN2S. The Balaban J connectivity index is 2.36. The molecule has 4 heteroatoms. The van der Waals surface area contributed by atoms with E-state index in [2.05, 4.69) is 10.3 Å². The molecule has 0 radical (unpaired) electrons. The standard InChI is InChI=1S/C8H9ClN2S/c9-7-2-1-6-5-10-3-4-12-8(6)11-7/h1-2,10H,3-5H2. The summed E-state index contributed by atoms with van der Waals surface area (Å²) in [5, 5.41) is 4.98. The summed E-state index contributed by atoms with van der Waals surface area (Å²) in [6.07, 6.45) is 0. The first-order valence-corrected chi connectivity index (χ1v) is 5.21. The van der Waals surface area contributed by atoms with E-state index in [4.69, 9.17) is 11.6 Å². The van der Waals surface area contributed by atoms with Gasteiger partial charge in [0.1, 0.15) is 10.2 Å². The van der Waals surface area contributed by atoms with Crippen molar-refractivity contribution in [2.45, 2.75) is 11.6 Å². The number of fused-ring (bicyclic) bond motifs is 1. The van der Waals surface area contributed by atoms with Crippen LogP contribution in [-0.2, 0) is 6.54 Å². The lowest BCUT2D eigenvalue weighted by Crippen LogP contribution is -2.13. The average molecular weight is 201 g/mol. The molecule has 0 aliphatic carbocycles. The van der Waals surface area contributed by atoms with Crippen LogP contribution in [0, 0.1) is 0 Å². The molecule has 2 nitrogen and oxygen atoms in total. The number of halogens is 1. The Morgan fingerprint density at radius 3 is 3.33 bits per heavy atom. The maximum absolute atomic E-state index is 5.79. The molecule has 1 aromatic rings. The summed E-state index contributed by atoms with van der Waals surface area (Å²) in [5.74, 6) is 1.07. The zero-order valence-electron chi connectivity index (χ0n) is 6.51. The summed E-state index contributed by atoms with van der Waals surface area (Å²) in [6.45, 7) is 1.95. The minimum Gasteiger partial charge on any atom is -0.312 e. The van der Waals surface area contributed by atoms with Crippen molar-refractivity contribution in [1.82, 2.24) is 10.3 Å². The second-order valence-electron chi connectivity index (χ2n) is 2.62. The van der Waals surface area contributed by atoms with Gasteiger partial charge in [0.05, 0.1) is 0 Å². The first-order chi connectivity index (χ1) is 5.86. The molecule has 0 fully saturated rings. The Morgan fingerprint density at radius 1 is 1.50 bits per heavy atom. The highest BCUT2D eigenvalue weighted by Crippen LogP contribution is 2.23. The Hall–Kier alpha value is -0.250. The first kappa shape index (κ1) is 8.35. The van der Waals surface area contributed by atoms with Crippen LogP contribution < -0.4 is 5.32 Å². The molecule has 0 spiro atoms. The average Bonchev–Trinajstić information content (AvgIpc) is 2.28. The Bertz CT molecular complexity index is 290. The fourth-order valence-corrected chi connectivity index (χ4v) is 2.28. The molecule has 0 unspecified atom stereocenters. The van der Waals surface area contributed by atoms with E-state index < -0.39 is 0 Å². The first-order valence-electron chi connectivity index (χ1n) is 3.85. The number of aromatic nitrogens is 1. The predicted octanol–water partition coefficient (Wildman–Crippen LogP) is 1.93. The third-order valence-corrected chi connectivity index (χ3v) is 2.98. The van der Waals surface area contributed by atoms with Gasteiger partial charge >= 0.3 is 0 Å². The van der Waals surface area contributed by atoms with E-state index in [1.165, 1.54) is 5.56 Å². The van der Waals surface area contributed by atoms with Crippen molar-refractivity contribution in [3.05, 3.63) is 22.8 Å². The molecule has 64 valence electrons. The molecule has 1 aliphatic rings. The van der Waals surface area contributed by atoms with Crippen LogP contribution in [0.2, 0.25) is 5.15 Å². The lowest BCUT2D eigenvalue weighted by Gasteiger charge is -2.02. The van der Waals surface area contributed by atoms with Gasteiger partial charge in [-0.2, -0.15) is 0 Å². The van der Waals surface area contributed by atoms with Gasteiger partial charge in [0.25, 0.3) is 0 Å². The summed E-state index contributed by atoms with van der Waals surface area (Å²) >= 11 is 7.55. The fraction of sp³-hybridized carbons (Fsp3) is 0.375. The summed E-state index contributed by atoms with van der Waals surface area (Å²) in [6, 6.07) is 3.88. The summed E-state index contributed by atoms with van der Waals surface area (Å²) in [4.78, 5) is 4.26. The van der Waals surface area contributed by atoms with Crippen molar-refractivity contribution < 1.29 is 0 Å². The van der Waals surface area contributed by atoms with Crippen LogP contribution in [0.5, 0.6) is 0 Å². The Morgan fingerprint density at radius 2 is 2.42 bits per heavy atom. The minimum absolute atomic E-state index is 0.586. The zero-order valence-corrected chi connectivity index (χ0v) is 8.08. The number of nitrogens with zero attached hydrogens (tertiary/aromatic N) is 1. The molecule has 1 aliphatic heterocycles. The summed E-state index contributed by atoms with van der Waals surface area (Å²) < 4.78 is 0. The van der Waals surface area contributed by atoms with Crippen molar-refractivity contribution in [1.29, 1.82) is 0 Å². The molecule has 1 aromatic heterocycles. The van der Waals surface area contributed by atoms with Crippen molar-refractivity contribution in [3.8, 4) is 0 Å².